The molecular weight excluding hydrogens is 318 g/mol. The minimum Gasteiger partial charge on any atom is -0.348 e. The van der Waals surface area contributed by atoms with Gasteiger partial charge in [-0.3, -0.25) is 9.88 Å². The lowest BCUT2D eigenvalue weighted by atomic mass is 10.3. The van der Waals surface area contributed by atoms with Crippen molar-refractivity contribution in [2.45, 2.75) is 25.9 Å². The number of hydrogen-bond donors (Lipinski definition) is 0. The molecule has 1 aliphatic rings. The molecule has 0 spiro atoms. The van der Waals surface area contributed by atoms with E-state index < -0.39 is 0 Å². The summed E-state index contributed by atoms with van der Waals surface area (Å²) in [5.41, 5.74) is 2.90. The van der Waals surface area contributed by atoms with Gasteiger partial charge in [-0.1, -0.05) is 12.1 Å². The minimum atomic E-state index is 0.786. The van der Waals surface area contributed by atoms with E-state index in [-0.39, 0.29) is 0 Å². The van der Waals surface area contributed by atoms with Crippen molar-refractivity contribution in [3.8, 4) is 0 Å². The molecule has 1 saturated heterocycles. The van der Waals surface area contributed by atoms with Crippen molar-refractivity contribution < 1.29 is 0 Å². The number of aromatic nitrogens is 3. The van der Waals surface area contributed by atoms with Gasteiger partial charge >= 0.3 is 0 Å². The number of thiazole rings is 1. The van der Waals surface area contributed by atoms with Crippen molar-refractivity contribution in [2.75, 3.05) is 25.0 Å². The maximum Gasteiger partial charge on any atom is 0.185 e. The van der Waals surface area contributed by atoms with E-state index in [4.69, 9.17) is 4.98 Å². The highest BCUT2D eigenvalue weighted by Crippen LogP contribution is 2.26. The number of hydrogen-bond acceptors (Lipinski definition) is 6. The molecule has 0 unspecified atom stereocenters. The van der Waals surface area contributed by atoms with Crippen LogP contribution in [0.1, 0.15) is 23.4 Å². The molecule has 3 heterocycles. The van der Waals surface area contributed by atoms with Crippen LogP contribution in [0.4, 0.5) is 5.13 Å². The summed E-state index contributed by atoms with van der Waals surface area (Å²) in [5, 5.41) is 1.17. The molecule has 0 atom stereocenters. The van der Waals surface area contributed by atoms with Crippen molar-refractivity contribution in [2.24, 2.45) is 0 Å². The monoisotopic (exact) mass is 339 g/mol. The zero-order chi connectivity index (χ0) is 16.4. The Balaban J connectivity index is 1.41. The van der Waals surface area contributed by atoms with E-state index in [1.165, 1.54) is 22.9 Å². The van der Waals surface area contributed by atoms with Gasteiger partial charge in [0, 0.05) is 37.3 Å². The summed E-state index contributed by atoms with van der Waals surface area (Å²) >= 11 is 1.81. The van der Waals surface area contributed by atoms with E-state index >= 15 is 0 Å². The number of anilines is 1. The standard InChI is InChI=1S/C18H21N5S/c1-22(12-14-10-19-16-6-2-3-7-17(16)21-14)13-15-11-20-18(24-15)23-8-4-5-9-23/h2-3,6-7,10-11H,4-5,8-9,12-13H2,1H3. The van der Waals surface area contributed by atoms with Crippen LogP contribution in [0.2, 0.25) is 0 Å². The van der Waals surface area contributed by atoms with Crippen LogP contribution in [0, 0.1) is 0 Å². The third-order valence-electron chi connectivity index (χ3n) is 4.27. The van der Waals surface area contributed by atoms with Crippen molar-refractivity contribution >= 4 is 27.5 Å². The van der Waals surface area contributed by atoms with Crippen molar-refractivity contribution in [3.63, 3.8) is 0 Å². The third-order valence-corrected chi connectivity index (χ3v) is 5.32. The summed E-state index contributed by atoms with van der Waals surface area (Å²) in [6.45, 7) is 3.97. The second-order valence-electron chi connectivity index (χ2n) is 6.33. The highest BCUT2D eigenvalue weighted by atomic mass is 32.1. The average molecular weight is 339 g/mol. The summed E-state index contributed by atoms with van der Waals surface area (Å²) in [7, 11) is 2.12. The molecule has 0 aliphatic carbocycles. The Bertz CT molecular complexity index is 825. The Morgan fingerprint density at radius 1 is 1.04 bits per heavy atom. The van der Waals surface area contributed by atoms with E-state index in [0.717, 1.165) is 42.9 Å². The van der Waals surface area contributed by atoms with Crippen LogP contribution < -0.4 is 4.90 Å². The van der Waals surface area contributed by atoms with Gasteiger partial charge < -0.3 is 4.90 Å². The number of fused-ring (bicyclic) bond motifs is 1. The molecule has 3 aromatic rings. The van der Waals surface area contributed by atoms with Gasteiger partial charge in [0.15, 0.2) is 5.13 Å². The Hall–Kier alpha value is -2.05. The van der Waals surface area contributed by atoms with Gasteiger partial charge in [0.25, 0.3) is 0 Å². The molecule has 4 rings (SSSR count). The molecule has 5 nitrogen and oxygen atoms in total. The lowest BCUT2D eigenvalue weighted by Crippen LogP contribution is -2.18. The fourth-order valence-electron chi connectivity index (χ4n) is 3.10. The van der Waals surface area contributed by atoms with Gasteiger partial charge in [-0.25, -0.2) is 9.97 Å². The quantitative estimate of drug-likeness (QED) is 0.713. The predicted octanol–water partition coefficient (Wildman–Crippen LogP) is 3.32. The third kappa shape index (κ3) is 3.39. The normalized spacial score (nSPS) is 14.8. The van der Waals surface area contributed by atoms with Crippen LogP contribution in [-0.4, -0.2) is 40.0 Å². The minimum absolute atomic E-state index is 0.786. The number of benzene rings is 1. The van der Waals surface area contributed by atoms with Gasteiger partial charge in [0.2, 0.25) is 0 Å². The molecule has 24 heavy (non-hydrogen) atoms. The maximum absolute atomic E-state index is 4.70. The fourth-order valence-corrected chi connectivity index (χ4v) is 4.14. The van der Waals surface area contributed by atoms with Crippen LogP contribution in [-0.2, 0) is 13.1 Å². The van der Waals surface area contributed by atoms with Crippen LogP contribution in [0.5, 0.6) is 0 Å². The number of para-hydroxylation sites is 2. The first-order valence-corrected chi connectivity index (χ1v) is 9.18. The summed E-state index contributed by atoms with van der Waals surface area (Å²) < 4.78 is 0. The molecule has 1 fully saturated rings. The van der Waals surface area contributed by atoms with Crippen LogP contribution in [0.15, 0.2) is 36.7 Å². The van der Waals surface area contributed by atoms with Crippen molar-refractivity contribution in [3.05, 3.63) is 47.2 Å². The van der Waals surface area contributed by atoms with Gasteiger partial charge in [0.1, 0.15) is 0 Å². The van der Waals surface area contributed by atoms with Crippen LogP contribution >= 0.6 is 11.3 Å². The van der Waals surface area contributed by atoms with Crippen LogP contribution in [0.25, 0.3) is 11.0 Å². The number of rotatable bonds is 5. The Labute approximate surface area is 146 Å². The molecule has 0 saturated carbocycles. The zero-order valence-corrected chi connectivity index (χ0v) is 14.7. The van der Waals surface area contributed by atoms with Gasteiger partial charge in [0.05, 0.1) is 22.9 Å². The van der Waals surface area contributed by atoms with Gasteiger partial charge in [-0.05, 0) is 32.0 Å². The second-order valence-corrected chi connectivity index (χ2v) is 7.42. The Morgan fingerprint density at radius 2 is 1.83 bits per heavy atom. The fraction of sp³-hybridized carbons (Fsp3) is 0.389. The van der Waals surface area contributed by atoms with E-state index in [1.54, 1.807) is 0 Å². The highest BCUT2D eigenvalue weighted by molar-refractivity contribution is 7.15. The SMILES string of the molecule is CN(Cc1cnc2ccccc2n1)Cc1cnc(N2CCCC2)s1. The zero-order valence-electron chi connectivity index (χ0n) is 13.9. The summed E-state index contributed by atoms with van der Waals surface area (Å²) in [4.78, 5) is 19.7. The molecule has 6 heteroatoms. The maximum atomic E-state index is 4.70. The Morgan fingerprint density at radius 3 is 2.67 bits per heavy atom. The summed E-state index contributed by atoms with van der Waals surface area (Å²) in [6.07, 6.45) is 6.47. The van der Waals surface area contributed by atoms with Gasteiger partial charge in [-0.15, -0.1) is 11.3 Å². The van der Waals surface area contributed by atoms with Crippen molar-refractivity contribution in [1.82, 2.24) is 19.9 Å². The lowest BCUT2D eigenvalue weighted by Gasteiger charge is -2.15. The molecule has 1 aliphatic heterocycles. The average Bonchev–Trinajstić information content (AvgIpc) is 3.26. The number of nitrogens with zero attached hydrogens (tertiary/aromatic N) is 5. The molecule has 1 aromatic carbocycles. The molecule has 124 valence electrons. The van der Waals surface area contributed by atoms with E-state index in [1.807, 2.05) is 48.0 Å². The smallest absolute Gasteiger partial charge is 0.185 e. The van der Waals surface area contributed by atoms with Crippen molar-refractivity contribution in [1.29, 1.82) is 0 Å². The molecular formula is C18H21N5S. The highest BCUT2D eigenvalue weighted by Gasteiger charge is 2.16. The molecule has 2 aromatic heterocycles. The first-order valence-electron chi connectivity index (χ1n) is 8.37. The Kier molecular flexibility index (Phi) is 4.40. The lowest BCUT2D eigenvalue weighted by molar-refractivity contribution is 0.317. The first-order chi connectivity index (χ1) is 11.8. The molecule has 0 radical (unpaired) electrons. The largest absolute Gasteiger partial charge is 0.348 e. The summed E-state index contributed by atoms with van der Waals surface area (Å²) in [6, 6.07) is 8.00. The summed E-state index contributed by atoms with van der Waals surface area (Å²) in [5.74, 6) is 0. The molecule has 0 amide bonds. The van der Waals surface area contributed by atoms with E-state index in [0.29, 0.717) is 0 Å². The molecule has 0 N–H and O–H groups in total. The first kappa shape index (κ1) is 15.5. The predicted molar refractivity (Wildman–Crippen MR) is 98.3 cm³/mol. The van der Waals surface area contributed by atoms with E-state index in [9.17, 15) is 0 Å². The van der Waals surface area contributed by atoms with Crippen LogP contribution in [0.3, 0.4) is 0 Å². The van der Waals surface area contributed by atoms with Gasteiger partial charge in [-0.2, -0.15) is 0 Å². The van der Waals surface area contributed by atoms with E-state index in [2.05, 4.69) is 26.8 Å². The second kappa shape index (κ2) is 6.83. The topological polar surface area (TPSA) is 45.2 Å². The molecule has 0 bridgehead atoms.